The van der Waals surface area contributed by atoms with Crippen molar-refractivity contribution in [2.24, 2.45) is 0 Å². The van der Waals surface area contributed by atoms with Crippen LogP contribution >= 0.6 is 0 Å². The van der Waals surface area contributed by atoms with Crippen LogP contribution in [0, 0.1) is 0 Å². The van der Waals surface area contributed by atoms with Crippen LogP contribution in [0.3, 0.4) is 0 Å². The van der Waals surface area contributed by atoms with Gasteiger partial charge in [0.25, 0.3) is 0 Å². The Labute approximate surface area is 131 Å². The third kappa shape index (κ3) is 2.68. The summed E-state index contributed by atoms with van der Waals surface area (Å²) in [6.45, 7) is 1.92. The van der Waals surface area contributed by atoms with Gasteiger partial charge in [-0.05, 0) is 31.4 Å². The number of fused-ring (bicyclic) bond motifs is 1. The maximum Gasteiger partial charge on any atom is 0.416 e. The van der Waals surface area contributed by atoms with E-state index in [0.29, 0.717) is 13.0 Å². The number of amides is 2. The molecule has 23 heavy (non-hydrogen) atoms. The molecule has 2 saturated heterocycles. The Kier molecular flexibility index (Phi) is 3.82. The minimum Gasteiger partial charge on any atom is -0.329 e. The number of hydrogen-bond acceptors (Lipinski definition) is 2. The topological polar surface area (TPSA) is 40.6 Å². The summed E-state index contributed by atoms with van der Waals surface area (Å²) in [5.41, 5.74) is -0.749. The maximum atomic E-state index is 13.1. The molecule has 2 fully saturated rings. The Balaban J connectivity index is 1.91. The van der Waals surface area contributed by atoms with Gasteiger partial charge in [0.2, 0.25) is 11.8 Å². The maximum absolute atomic E-state index is 13.1. The lowest BCUT2D eigenvalue weighted by Gasteiger charge is -2.41. The molecule has 0 aromatic heterocycles. The van der Waals surface area contributed by atoms with Crippen LogP contribution in [-0.4, -0.2) is 40.2 Å². The molecule has 2 heterocycles. The molecule has 0 saturated carbocycles. The van der Waals surface area contributed by atoms with Crippen molar-refractivity contribution >= 4 is 11.8 Å². The van der Waals surface area contributed by atoms with Gasteiger partial charge >= 0.3 is 6.18 Å². The zero-order valence-corrected chi connectivity index (χ0v) is 12.6. The number of rotatable bonds is 2. The van der Waals surface area contributed by atoms with E-state index in [9.17, 15) is 22.8 Å². The third-order valence-corrected chi connectivity index (χ3v) is 4.59. The molecule has 7 heteroatoms. The highest BCUT2D eigenvalue weighted by atomic mass is 19.4. The van der Waals surface area contributed by atoms with Crippen molar-refractivity contribution in [1.29, 1.82) is 0 Å². The Morgan fingerprint density at radius 1 is 1.17 bits per heavy atom. The van der Waals surface area contributed by atoms with E-state index in [1.54, 1.807) is 11.8 Å². The summed E-state index contributed by atoms with van der Waals surface area (Å²) in [5, 5.41) is 0. The number of alkyl halides is 3. The van der Waals surface area contributed by atoms with Gasteiger partial charge in [-0.3, -0.25) is 9.59 Å². The summed E-state index contributed by atoms with van der Waals surface area (Å²) < 4.78 is 39.3. The third-order valence-electron chi connectivity index (χ3n) is 4.59. The number of carbonyl (C=O) groups excluding carboxylic acids is 2. The molecule has 0 aliphatic carbocycles. The van der Waals surface area contributed by atoms with Gasteiger partial charge in [0.1, 0.15) is 12.1 Å². The summed E-state index contributed by atoms with van der Waals surface area (Å²) in [6, 6.07) is 3.92. The summed E-state index contributed by atoms with van der Waals surface area (Å²) >= 11 is 0. The fourth-order valence-electron chi connectivity index (χ4n) is 3.38. The zero-order valence-electron chi connectivity index (χ0n) is 12.6. The van der Waals surface area contributed by atoms with Crippen molar-refractivity contribution in [3.8, 4) is 0 Å². The highest BCUT2D eigenvalue weighted by molar-refractivity contribution is 5.97. The van der Waals surface area contributed by atoms with Gasteiger partial charge in [0.05, 0.1) is 5.56 Å². The van der Waals surface area contributed by atoms with E-state index in [1.165, 1.54) is 23.1 Å². The fourth-order valence-corrected chi connectivity index (χ4v) is 3.38. The first kappa shape index (κ1) is 15.8. The number of carbonyl (C=O) groups is 2. The Morgan fingerprint density at radius 3 is 2.57 bits per heavy atom. The number of benzene rings is 1. The van der Waals surface area contributed by atoms with Crippen molar-refractivity contribution in [2.45, 2.75) is 44.6 Å². The molecular weight excluding hydrogens is 309 g/mol. The fraction of sp³-hybridized carbons (Fsp3) is 0.500. The molecule has 2 amide bonds. The molecule has 4 nitrogen and oxygen atoms in total. The normalized spacial score (nSPS) is 25.0. The first-order valence-electron chi connectivity index (χ1n) is 7.57. The van der Waals surface area contributed by atoms with Gasteiger partial charge in [-0.15, -0.1) is 0 Å². The first-order valence-corrected chi connectivity index (χ1v) is 7.57. The molecule has 2 atom stereocenters. The molecule has 3 rings (SSSR count). The average Bonchev–Trinajstić information content (AvgIpc) is 2.98. The second kappa shape index (κ2) is 5.54. The van der Waals surface area contributed by atoms with E-state index in [1.807, 2.05) is 0 Å². The van der Waals surface area contributed by atoms with Gasteiger partial charge < -0.3 is 9.80 Å². The van der Waals surface area contributed by atoms with E-state index in [2.05, 4.69) is 0 Å². The van der Waals surface area contributed by atoms with Gasteiger partial charge in [-0.1, -0.05) is 18.2 Å². The highest BCUT2D eigenvalue weighted by Crippen LogP contribution is 2.34. The van der Waals surface area contributed by atoms with E-state index in [-0.39, 0.29) is 23.9 Å². The van der Waals surface area contributed by atoms with Crippen molar-refractivity contribution in [1.82, 2.24) is 9.80 Å². The van der Waals surface area contributed by atoms with Gasteiger partial charge in [-0.25, -0.2) is 0 Å². The Bertz CT molecular complexity index is 644. The molecule has 2 aliphatic heterocycles. The van der Waals surface area contributed by atoms with Crippen LogP contribution in [0.4, 0.5) is 13.2 Å². The second-order valence-electron chi connectivity index (χ2n) is 5.99. The summed E-state index contributed by atoms with van der Waals surface area (Å²) in [6.07, 6.45) is -3.15. The molecular formula is C16H17F3N2O2. The molecule has 1 aromatic carbocycles. The lowest BCUT2D eigenvalue weighted by molar-refractivity contribution is -0.159. The minimum absolute atomic E-state index is 0.0134. The minimum atomic E-state index is -4.48. The van der Waals surface area contributed by atoms with Crippen molar-refractivity contribution in [3.05, 3.63) is 35.4 Å². The second-order valence-corrected chi connectivity index (χ2v) is 5.99. The SMILES string of the molecule is C[C@H]1C(=O)N2CCC[C@@H]2C(=O)N1Cc1ccccc1C(F)(F)F. The van der Waals surface area contributed by atoms with Crippen LogP contribution in [-0.2, 0) is 22.3 Å². The van der Waals surface area contributed by atoms with Gasteiger partial charge in [0, 0.05) is 13.1 Å². The molecule has 124 valence electrons. The van der Waals surface area contributed by atoms with Crippen LogP contribution in [0.1, 0.15) is 30.9 Å². The van der Waals surface area contributed by atoms with Crippen molar-refractivity contribution < 1.29 is 22.8 Å². The zero-order chi connectivity index (χ0) is 16.8. The van der Waals surface area contributed by atoms with Crippen molar-refractivity contribution in [3.63, 3.8) is 0 Å². The van der Waals surface area contributed by atoms with Crippen LogP contribution in [0.15, 0.2) is 24.3 Å². The predicted octanol–water partition coefficient (Wildman–Crippen LogP) is 2.43. The quantitative estimate of drug-likeness (QED) is 0.837. The molecule has 2 aliphatic rings. The van der Waals surface area contributed by atoms with E-state index in [0.717, 1.165) is 12.5 Å². The molecule has 0 bridgehead atoms. The summed E-state index contributed by atoms with van der Waals surface area (Å²) in [4.78, 5) is 27.8. The van der Waals surface area contributed by atoms with Crippen LogP contribution in [0.5, 0.6) is 0 Å². The number of piperazine rings is 1. The molecule has 1 aromatic rings. The van der Waals surface area contributed by atoms with E-state index >= 15 is 0 Å². The monoisotopic (exact) mass is 326 g/mol. The lowest BCUT2D eigenvalue weighted by Crippen LogP contribution is -2.61. The van der Waals surface area contributed by atoms with E-state index in [4.69, 9.17) is 0 Å². The summed E-state index contributed by atoms with van der Waals surface area (Å²) in [5.74, 6) is -0.442. The van der Waals surface area contributed by atoms with Gasteiger partial charge in [0.15, 0.2) is 0 Å². The highest BCUT2D eigenvalue weighted by Gasteiger charge is 2.46. The van der Waals surface area contributed by atoms with Crippen LogP contribution < -0.4 is 0 Å². The van der Waals surface area contributed by atoms with Gasteiger partial charge in [-0.2, -0.15) is 13.2 Å². The van der Waals surface area contributed by atoms with Crippen LogP contribution in [0.25, 0.3) is 0 Å². The summed E-state index contributed by atoms with van der Waals surface area (Å²) in [7, 11) is 0. The first-order chi connectivity index (χ1) is 10.8. The van der Waals surface area contributed by atoms with E-state index < -0.39 is 23.8 Å². The molecule has 0 radical (unpaired) electrons. The Hall–Kier alpha value is -2.05. The predicted molar refractivity (Wildman–Crippen MR) is 76.2 cm³/mol. The Morgan fingerprint density at radius 2 is 1.87 bits per heavy atom. The lowest BCUT2D eigenvalue weighted by atomic mass is 10.0. The average molecular weight is 326 g/mol. The number of halogens is 3. The number of nitrogens with zero attached hydrogens (tertiary/aromatic N) is 2. The standard InChI is InChI=1S/C16H17F3N2O2/c1-10-14(22)20-8-4-7-13(20)15(23)21(10)9-11-5-2-3-6-12(11)16(17,18)19/h2-3,5-6,10,13H,4,7-9H2,1H3/t10-,13+/m0/s1. The smallest absolute Gasteiger partial charge is 0.329 e. The molecule has 0 spiro atoms. The largest absolute Gasteiger partial charge is 0.416 e. The van der Waals surface area contributed by atoms with Crippen LogP contribution in [0.2, 0.25) is 0 Å². The molecule has 0 N–H and O–H groups in total. The van der Waals surface area contributed by atoms with Crippen molar-refractivity contribution in [2.75, 3.05) is 6.54 Å². The molecule has 0 unspecified atom stereocenters. The number of hydrogen-bond donors (Lipinski definition) is 0.